The molecule has 3 N–H and O–H groups in total. The molecule has 0 saturated carbocycles. The number of nitrogens with two attached hydrogens (primary N) is 1. The fraction of sp³-hybridized carbons (Fsp3) is 0.176. The van der Waals surface area contributed by atoms with Crippen molar-refractivity contribution in [3.63, 3.8) is 0 Å². The second kappa shape index (κ2) is 7.61. The molecule has 0 fully saturated rings. The van der Waals surface area contributed by atoms with E-state index in [-0.39, 0.29) is 17.6 Å². The number of aryl methyl sites for hydroxylation is 1. The summed E-state index contributed by atoms with van der Waals surface area (Å²) in [6.07, 6.45) is 0. The molecule has 0 unspecified atom stereocenters. The molecule has 0 saturated heterocycles. The van der Waals surface area contributed by atoms with Crippen LogP contribution >= 0.6 is 11.6 Å². The molecule has 4 nitrogen and oxygen atoms in total. The maximum Gasteiger partial charge on any atom is 0.253 e. The van der Waals surface area contributed by atoms with E-state index in [4.69, 9.17) is 17.3 Å². The highest BCUT2D eigenvalue weighted by Gasteiger charge is 2.10. The SMILES string of the molecule is Cc1cccc(CNC(=O)c2ccccc2N=C(N)CCl)c1. The number of nitrogens with zero attached hydrogens (tertiary/aromatic N) is 1. The van der Waals surface area contributed by atoms with Crippen LogP contribution < -0.4 is 11.1 Å². The lowest BCUT2D eigenvalue weighted by Gasteiger charge is -2.08. The number of amidine groups is 1. The number of rotatable bonds is 5. The van der Waals surface area contributed by atoms with Gasteiger partial charge in [0.15, 0.2) is 0 Å². The number of para-hydroxylation sites is 1. The minimum Gasteiger partial charge on any atom is -0.386 e. The predicted octanol–water partition coefficient (Wildman–Crippen LogP) is 3.15. The summed E-state index contributed by atoms with van der Waals surface area (Å²) in [6.45, 7) is 2.48. The van der Waals surface area contributed by atoms with Gasteiger partial charge in [0.05, 0.1) is 17.1 Å². The molecule has 2 rings (SSSR count). The fourth-order valence-electron chi connectivity index (χ4n) is 2.05. The van der Waals surface area contributed by atoms with Crippen molar-refractivity contribution < 1.29 is 4.79 Å². The molecule has 0 aliphatic rings. The summed E-state index contributed by atoms with van der Waals surface area (Å²) in [4.78, 5) is 16.5. The first-order valence-corrected chi connectivity index (χ1v) is 7.45. The van der Waals surface area contributed by atoms with Crippen molar-refractivity contribution in [1.82, 2.24) is 5.32 Å². The molecule has 2 aromatic rings. The van der Waals surface area contributed by atoms with Gasteiger partial charge in [-0.3, -0.25) is 4.79 Å². The van der Waals surface area contributed by atoms with Gasteiger partial charge in [0.25, 0.3) is 5.91 Å². The van der Waals surface area contributed by atoms with Crippen molar-refractivity contribution >= 4 is 29.0 Å². The third-order valence-electron chi connectivity index (χ3n) is 3.09. The number of halogens is 1. The van der Waals surface area contributed by atoms with Crippen molar-refractivity contribution in [1.29, 1.82) is 0 Å². The van der Waals surface area contributed by atoms with Crippen molar-refractivity contribution in [2.24, 2.45) is 10.7 Å². The number of carbonyl (C=O) groups is 1. The number of carbonyl (C=O) groups excluding carboxylic acids is 1. The van der Waals surface area contributed by atoms with Crippen LogP contribution in [0.3, 0.4) is 0 Å². The minimum absolute atomic E-state index is 0.124. The van der Waals surface area contributed by atoms with E-state index in [0.717, 1.165) is 11.1 Å². The maximum absolute atomic E-state index is 12.3. The van der Waals surface area contributed by atoms with Gasteiger partial charge in [-0.15, -0.1) is 11.6 Å². The number of aliphatic imine (C=N–C) groups is 1. The van der Waals surface area contributed by atoms with Crippen molar-refractivity contribution in [3.05, 3.63) is 65.2 Å². The van der Waals surface area contributed by atoms with Gasteiger partial charge in [-0.25, -0.2) is 4.99 Å². The average Bonchev–Trinajstić information content (AvgIpc) is 2.53. The van der Waals surface area contributed by atoms with Gasteiger partial charge in [0, 0.05) is 6.54 Å². The lowest BCUT2D eigenvalue weighted by atomic mass is 10.1. The zero-order valence-electron chi connectivity index (χ0n) is 12.3. The van der Waals surface area contributed by atoms with Gasteiger partial charge >= 0.3 is 0 Å². The van der Waals surface area contributed by atoms with E-state index in [1.54, 1.807) is 24.3 Å². The number of nitrogens with one attached hydrogen (secondary N) is 1. The molecular weight excluding hydrogens is 298 g/mol. The van der Waals surface area contributed by atoms with Crippen LogP contribution in [0.2, 0.25) is 0 Å². The summed E-state index contributed by atoms with van der Waals surface area (Å²) in [5, 5.41) is 2.89. The zero-order chi connectivity index (χ0) is 15.9. The molecule has 0 spiro atoms. The van der Waals surface area contributed by atoms with Gasteiger partial charge in [0.2, 0.25) is 0 Å². The zero-order valence-corrected chi connectivity index (χ0v) is 13.1. The number of alkyl halides is 1. The van der Waals surface area contributed by atoms with Gasteiger partial charge in [-0.1, -0.05) is 42.0 Å². The van der Waals surface area contributed by atoms with Crippen LogP contribution in [0.25, 0.3) is 0 Å². The molecule has 22 heavy (non-hydrogen) atoms. The second-order valence-corrected chi connectivity index (χ2v) is 5.19. The van der Waals surface area contributed by atoms with E-state index in [0.29, 0.717) is 17.8 Å². The van der Waals surface area contributed by atoms with Crippen LogP contribution in [-0.2, 0) is 6.54 Å². The van der Waals surface area contributed by atoms with Gasteiger partial charge in [-0.2, -0.15) is 0 Å². The van der Waals surface area contributed by atoms with E-state index in [1.807, 2.05) is 31.2 Å². The highest BCUT2D eigenvalue weighted by atomic mass is 35.5. The molecule has 0 aliphatic heterocycles. The largest absolute Gasteiger partial charge is 0.386 e. The summed E-state index contributed by atoms with van der Waals surface area (Å²) < 4.78 is 0. The highest BCUT2D eigenvalue weighted by Crippen LogP contribution is 2.18. The molecule has 1 amide bonds. The predicted molar refractivity (Wildman–Crippen MR) is 90.8 cm³/mol. The molecular formula is C17H18ClN3O. The van der Waals surface area contributed by atoms with E-state index >= 15 is 0 Å². The van der Waals surface area contributed by atoms with Crippen LogP contribution in [0.5, 0.6) is 0 Å². The molecule has 114 valence electrons. The first kappa shape index (κ1) is 16.0. The third-order valence-corrected chi connectivity index (χ3v) is 3.36. The Kier molecular flexibility index (Phi) is 5.55. The van der Waals surface area contributed by atoms with Crippen molar-refractivity contribution in [2.45, 2.75) is 13.5 Å². The van der Waals surface area contributed by atoms with Crippen molar-refractivity contribution in [3.8, 4) is 0 Å². The summed E-state index contributed by atoms with van der Waals surface area (Å²) in [5.41, 5.74) is 8.84. The first-order valence-electron chi connectivity index (χ1n) is 6.92. The van der Waals surface area contributed by atoms with Crippen molar-refractivity contribution in [2.75, 3.05) is 5.88 Å². The van der Waals surface area contributed by atoms with Crippen LogP contribution in [0.1, 0.15) is 21.5 Å². The van der Waals surface area contributed by atoms with E-state index in [9.17, 15) is 4.79 Å². The highest BCUT2D eigenvalue weighted by molar-refractivity contribution is 6.28. The lowest BCUT2D eigenvalue weighted by molar-refractivity contribution is 0.0951. The standard InChI is InChI=1S/C17H18ClN3O/c1-12-5-4-6-13(9-12)11-20-17(22)14-7-2-3-8-15(14)21-16(19)10-18/h2-9H,10-11H2,1H3,(H2,19,21)(H,20,22). The second-order valence-electron chi connectivity index (χ2n) is 4.93. The molecule has 0 aliphatic carbocycles. The molecule has 0 radical (unpaired) electrons. The Morgan fingerprint density at radius 2 is 2.00 bits per heavy atom. The van der Waals surface area contributed by atoms with Crippen LogP contribution in [-0.4, -0.2) is 17.6 Å². The molecule has 0 atom stereocenters. The van der Waals surface area contributed by atoms with Gasteiger partial charge in [-0.05, 0) is 24.6 Å². The summed E-state index contributed by atoms with van der Waals surface area (Å²) in [5.74, 6) is 0.211. The molecule has 0 bridgehead atoms. The first-order chi connectivity index (χ1) is 10.6. The summed E-state index contributed by atoms with van der Waals surface area (Å²) >= 11 is 5.63. The fourth-order valence-corrected chi connectivity index (χ4v) is 2.11. The Morgan fingerprint density at radius 1 is 1.23 bits per heavy atom. The van der Waals surface area contributed by atoms with Crippen LogP contribution in [0.4, 0.5) is 5.69 Å². The molecule has 2 aromatic carbocycles. The Labute approximate surface area is 135 Å². The Balaban J connectivity index is 2.13. The Bertz CT molecular complexity index is 698. The van der Waals surface area contributed by atoms with E-state index in [2.05, 4.69) is 10.3 Å². The van der Waals surface area contributed by atoms with Gasteiger partial charge < -0.3 is 11.1 Å². The number of hydrogen-bond acceptors (Lipinski definition) is 2. The molecule has 5 heteroatoms. The van der Waals surface area contributed by atoms with E-state index < -0.39 is 0 Å². The quantitative estimate of drug-likeness (QED) is 0.505. The minimum atomic E-state index is -0.191. The van der Waals surface area contributed by atoms with Crippen LogP contribution in [0, 0.1) is 6.92 Å². The monoisotopic (exact) mass is 315 g/mol. The normalized spacial score (nSPS) is 11.3. The topological polar surface area (TPSA) is 67.5 Å². The molecule has 0 heterocycles. The van der Waals surface area contributed by atoms with E-state index in [1.165, 1.54) is 0 Å². The Morgan fingerprint density at radius 3 is 2.73 bits per heavy atom. The van der Waals surface area contributed by atoms with Gasteiger partial charge in [0.1, 0.15) is 5.84 Å². The molecule has 0 aromatic heterocycles. The smallest absolute Gasteiger partial charge is 0.253 e. The summed E-state index contributed by atoms with van der Waals surface area (Å²) in [6, 6.07) is 15.0. The third kappa shape index (κ3) is 4.33. The average molecular weight is 316 g/mol. The number of benzene rings is 2. The number of hydrogen-bond donors (Lipinski definition) is 2. The lowest BCUT2D eigenvalue weighted by Crippen LogP contribution is -2.23. The summed E-state index contributed by atoms with van der Waals surface area (Å²) in [7, 11) is 0. The van der Waals surface area contributed by atoms with Crippen LogP contribution in [0.15, 0.2) is 53.5 Å². The Hall–Kier alpha value is -2.33. The number of amides is 1. The maximum atomic E-state index is 12.3.